The Morgan fingerprint density at radius 3 is 2.75 bits per heavy atom. The summed E-state index contributed by atoms with van der Waals surface area (Å²) < 4.78 is 0. The van der Waals surface area contributed by atoms with Crippen LogP contribution in [0.15, 0.2) is 53.7 Å². The first-order valence-corrected chi connectivity index (χ1v) is 7.73. The van der Waals surface area contributed by atoms with Crippen molar-refractivity contribution < 1.29 is 4.79 Å². The van der Waals surface area contributed by atoms with Crippen molar-refractivity contribution >= 4 is 17.7 Å². The van der Waals surface area contributed by atoms with Gasteiger partial charge >= 0.3 is 0 Å². The van der Waals surface area contributed by atoms with E-state index < -0.39 is 0 Å². The number of aromatic nitrogens is 1. The molecule has 2 heterocycles. The standard InChI is InChI=1S/C16H16N2OS/c19-16-15-5-2-1-4-13(15)12-18(16)10-3-11-20-14-6-8-17-9-7-14/h1-2,4-9H,3,10-12H2. The molecule has 0 aliphatic carbocycles. The molecule has 4 heteroatoms. The largest absolute Gasteiger partial charge is 0.334 e. The van der Waals surface area contributed by atoms with Crippen molar-refractivity contribution in [3.05, 3.63) is 59.9 Å². The van der Waals surface area contributed by atoms with E-state index in [9.17, 15) is 4.79 Å². The van der Waals surface area contributed by atoms with Gasteiger partial charge in [0.2, 0.25) is 0 Å². The fourth-order valence-corrected chi connectivity index (χ4v) is 3.20. The van der Waals surface area contributed by atoms with Gasteiger partial charge in [-0.2, -0.15) is 0 Å². The normalized spacial score (nSPS) is 13.6. The zero-order valence-corrected chi connectivity index (χ0v) is 12.0. The Labute approximate surface area is 123 Å². The van der Waals surface area contributed by atoms with Crippen molar-refractivity contribution in [1.29, 1.82) is 0 Å². The molecule has 3 rings (SSSR count). The molecule has 0 saturated carbocycles. The highest BCUT2D eigenvalue weighted by Gasteiger charge is 2.25. The van der Waals surface area contributed by atoms with E-state index in [0.717, 1.165) is 36.4 Å². The summed E-state index contributed by atoms with van der Waals surface area (Å²) in [5, 5.41) is 0. The molecule has 0 spiro atoms. The fraction of sp³-hybridized carbons (Fsp3) is 0.250. The highest BCUT2D eigenvalue weighted by molar-refractivity contribution is 7.99. The highest BCUT2D eigenvalue weighted by atomic mass is 32.2. The van der Waals surface area contributed by atoms with E-state index in [4.69, 9.17) is 0 Å². The molecule has 0 N–H and O–H groups in total. The van der Waals surface area contributed by atoms with Crippen LogP contribution >= 0.6 is 11.8 Å². The van der Waals surface area contributed by atoms with Crippen molar-refractivity contribution in [1.82, 2.24) is 9.88 Å². The Kier molecular flexibility index (Phi) is 4.02. The molecule has 1 aliphatic rings. The van der Waals surface area contributed by atoms with Gasteiger partial charge in [0.25, 0.3) is 5.91 Å². The van der Waals surface area contributed by atoms with E-state index in [1.165, 1.54) is 4.90 Å². The van der Waals surface area contributed by atoms with Gasteiger partial charge in [0, 0.05) is 35.9 Å². The third-order valence-corrected chi connectivity index (χ3v) is 4.49. The van der Waals surface area contributed by atoms with Crippen molar-refractivity contribution in [3.8, 4) is 0 Å². The lowest BCUT2D eigenvalue weighted by Crippen LogP contribution is -2.25. The Morgan fingerprint density at radius 2 is 1.95 bits per heavy atom. The molecule has 102 valence electrons. The average molecular weight is 284 g/mol. The SMILES string of the molecule is O=C1c2ccccc2CN1CCCSc1ccncc1. The van der Waals surface area contributed by atoms with Crippen molar-refractivity contribution in [2.24, 2.45) is 0 Å². The van der Waals surface area contributed by atoms with Gasteiger partial charge in [-0.25, -0.2) is 0 Å². The predicted octanol–water partition coefficient (Wildman–Crippen LogP) is 3.22. The summed E-state index contributed by atoms with van der Waals surface area (Å²) >= 11 is 1.81. The first-order chi connectivity index (χ1) is 9.84. The maximum atomic E-state index is 12.2. The summed E-state index contributed by atoms with van der Waals surface area (Å²) in [5.41, 5.74) is 2.02. The number of nitrogens with zero attached hydrogens (tertiary/aromatic N) is 2. The van der Waals surface area contributed by atoms with Gasteiger partial charge in [-0.3, -0.25) is 9.78 Å². The second kappa shape index (κ2) is 6.09. The molecule has 3 nitrogen and oxygen atoms in total. The third kappa shape index (κ3) is 2.85. The zero-order chi connectivity index (χ0) is 13.8. The molecular weight excluding hydrogens is 268 g/mol. The molecule has 1 aromatic heterocycles. The van der Waals surface area contributed by atoms with E-state index in [2.05, 4.69) is 4.98 Å². The minimum atomic E-state index is 0.175. The lowest BCUT2D eigenvalue weighted by atomic mass is 10.1. The number of pyridine rings is 1. The smallest absolute Gasteiger partial charge is 0.254 e. The van der Waals surface area contributed by atoms with Crippen LogP contribution in [0.4, 0.5) is 0 Å². The van der Waals surface area contributed by atoms with E-state index in [0.29, 0.717) is 0 Å². The number of rotatable bonds is 5. The summed E-state index contributed by atoms with van der Waals surface area (Å²) in [5.74, 6) is 1.19. The van der Waals surface area contributed by atoms with E-state index in [1.807, 2.05) is 65.5 Å². The van der Waals surface area contributed by atoms with Crippen LogP contribution in [0, 0.1) is 0 Å². The molecule has 0 fully saturated rings. The number of hydrogen-bond donors (Lipinski definition) is 0. The van der Waals surface area contributed by atoms with Crippen molar-refractivity contribution in [3.63, 3.8) is 0 Å². The zero-order valence-electron chi connectivity index (χ0n) is 11.2. The molecule has 0 atom stereocenters. The quantitative estimate of drug-likeness (QED) is 0.624. The summed E-state index contributed by atoms with van der Waals surface area (Å²) in [6, 6.07) is 11.9. The monoisotopic (exact) mass is 284 g/mol. The van der Waals surface area contributed by atoms with Crippen LogP contribution in [0.3, 0.4) is 0 Å². The van der Waals surface area contributed by atoms with Crippen LogP contribution in [0.1, 0.15) is 22.3 Å². The molecule has 0 bridgehead atoms. The number of thioether (sulfide) groups is 1. The van der Waals surface area contributed by atoms with Gasteiger partial charge in [0.15, 0.2) is 0 Å². The molecule has 0 saturated heterocycles. The van der Waals surface area contributed by atoms with Gasteiger partial charge in [-0.05, 0) is 35.9 Å². The molecule has 20 heavy (non-hydrogen) atoms. The average Bonchev–Trinajstić information content (AvgIpc) is 2.82. The maximum absolute atomic E-state index is 12.2. The minimum Gasteiger partial charge on any atom is -0.334 e. The molecule has 1 amide bonds. The van der Waals surface area contributed by atoms with E-state index >= 15 is 0 Å². The highest BCUT2D eigenvalue weighted by Crippen LogP contribution is 2.23. The Morgan fingerprint density at radius 1 is 1.15 bits per heavy atom. The first kappa shape index (κ1) is 13.2. The molecule has 0 radical (unpaired) electrons. The van der Waals surface area contributed by atoms with E-state index in [1.54, 1.807) is 0 Å². The maximum Gasteiger partial charge on any atom is 0.254 e. The van der Waals surface area contributed by atoms with Gasteiger partial charge in [0.05, 0.1) is 0 Å². The molecule has 1 aliphatic heterocycles. The Balaban J connectivity index is 1.48. The summed E-state index contributed by atoms with van der Waals surface area (Å²) in [6.07, 6.45) is 4.62. The lowest BCUT2D eigenvalue weighted by Gasteiger charge is -2.15. The number of carbonyl (C=O) groups is 1. The minimum absolute atomic E-state index is 0.175. The number of carbonyl (C=O) groups excluding carboxylic acids is 1. The Bertz CT molecular complexity index is 600. The van der Waals surface area contributed by atoms with Crippen LogP contribution < -0.4 is 0 Å². The van der Waals surface area contributed by atoms with Crippen LogP contribution in [0.5, 0.6) is 0 Å². The number of fused-ring (bicyclic) bond motifs is 1. The second-order valence-corrected chi connectivity index (χ2v) is 5.94. The van der Waals surface area contributed by atoms with E-state index in [-0.39, 0.29) is 5.91 Å². The van der Waals surface area contributed by atoms with Crippen LogP contribution in [0.25, 0.3) is 0 Å². The lowest BCUT2D eigenvalue weighted by molar-refractivity contribution is 0.0779. The number of amides is 1. The van der Waals surface area contributed by atoms with Gasteiger partial charge in [-0.1, -0.05) is 18.2 Å². The predicted molar refractivity (Wildman–Crippen MR) is 80.8 cm³/mol. The van der Waals surface area contributed by atoms with Gasteiger partial charge in [0.1, 0.15) is 0 Å². The molecule has 1 aromatic carbocycles. The second-order valence-electron chi connectivity index (χ2n) is 4.77. The fourth-order valence-electron chi connectivity index (χ4n) is 2.38. The molecule has 2 aromatic rings. The summed E-state index contributed by atoms with van der Waals surface area (Å²) in [7, 11) is 0. The number of benzene rings is 1. The van der Waals surface area contributed by atoms with Gasteiger partial charge < -0.3 is 4.90 Å². The van der Waals surface area contributed by atoms with Crippen LogP contribution in [-0.4, -0.2) is 28.1 Å². The van der Waals surface area contributed by atoms with Crippen LogP contribution in [0.2, 0.25) is 0 Å². The van der Waals surface area contributed by atoms with Crippen LogP contribution in [-0.2, 0) is 6.54 Å². The number of hydrogen-bond acceptors (Lipinski definition) is 3. The Hall–Kier alpha value is -1.81. The summed E-state index contributed by atoms with van der Waals surface area (Å²) in [4.78, 5) is 19.3. The summed E-state index contributed by atoms with van der Waals surface area (Å²) in [6.45, 7) is 1.58. The molecule has 0 unspecified atom stereocenters. The molecular formula is C16H16N2OS. The first-order valence-electron chi connectivity index (χ1n) is 6.74. The third-order valence-electron chi connectivity index (χ3n) is 3.39. The topological polar surface area (TPSA) is 33.2 Å². The van der Waals surface area contributed by atoms with Gasteiger partial charge in [-0.15, -0.1) is 11.8 Å². The van der Waals surface area contributed by atoms with Crippen molar-refractivity contribution in [2.45, 2.75) is 17.9 Å². The van der Waals surface area contributed by atoms with Crippen molar-refractivity contribution in [2.75, 3.05) is 12.3 Å².